The summed E-state index contributed by atoms with van der Waals surface area (Å²) in [5.41, 5.74) is -0.665. The van der Waals surface area contributed by atoms with Crippen LogP contribution in [0.4, 0.5) is 13.2 Å². The number of phenols is 1. The fourth-order valence-electron chi connectivity index (χ4n) is 2.26. The Labute approximate surface area is 150 Å². The minimum Gasteiger partial charge on any atom is -0.507 e. The Hall–Kier alpha value is -1.80. The van der Waals surface area contributed by atoms with E-state index in [1.54, 1.807) is 0 Å². The van der Waals surface area contributed by atoms with Gasteiger partial charge in [0.25, 0.3) is 0 Å². The van der Waals surface area contributed by atoms with Gasteiger partial charge in [-0.3, -0.25) is 4.79 Å². The highest BCUT2D eigenvalue weighted by molar-refractivity contribution is 9.13. The smallest absolute Gasteiger partial charge is 0.416 e. The van der Waals surface area contributed by atoms with Crippen LogP contribution in [0.5, 0.6) is 5.75 Å². The molecule has 3 aromatic rings. The molecule has 2 aromatic carbocycles. The molecule has 124 valence electrons. The van der Waals surface area contributed by atoms with Crippen LogP contribution in [-0.4, -0.2) is 10.9 Å². The number of benzene rings is 2. The van der Waals surface area contributed by atoms with Crippen LogP contribution in [0.3, 0.4) is 0 Å². The summed E-state index contributed by atoms with van der Waals surface area (Å²) >= 11 is 6.38. The van der Waals surface area contributed by atoms with E-state index >= 15 is 0 Å². The zero-order chi connectivity index (χ0) is 17.6. The molecule has 0 saturated heterocycles. The van der Waals surface area contributed by atoms with Gasteiger partial charge in [0.2, 0.25) is 0 Å². The maximum Gasteiger partial charge on any atom is 0.416 e. The third-order valence-corrected chi connectivity index (χ3v) is 5.52. The summed E-state index contributed by atoms with van der Waals surface area (Å²) in [7, 11) is 0. The van der Waals surface area contributed by atoms with Gasteiger partial charge in [0, 0.05) is 10.9 Å². The number of hydrogen-bond acceptors (Lipinski definition) is 3. The SMILES string of the molecule is O=C(c1cccc(C(F)(F)F)c1)c1coc2c(Br)c(Br)c(O)cc12. The molecule has 24 heavy (non-hydrogen) atoms. The molecular weight excluding hydrogens is 457 g/mol. The Kier molecular flexibility index (Phi) is 4.21. The molecule has 0 spiro atoms. The van der Waals surface area contributed by atoms with Crippen molar-refractivity contribution in [1.82, 2.24) is 0 Å². The highest BCUT2D eigenvalue weighted by Gasteiger charge is 2.31. The third kappa shape index (κ3) is 2.84. The van der Waals surface area contributed by atoms with Crippen LogP contribution >= 0.6 is 31.9 Å². The lowest BCUT2D eigenvalue weighted by Gasteiger charge is -2.08. The van der Waals surface area contributed by atoms with Crippen LogP contribution in [0, 0.1) is 0 Å². The molecule has 0 aliphatic rings. The maximum atomic E-state index is 12.8. The minimum absolute atomic E-state index is 0.0628. The number of ketones is 1. The van der Waals surface area contributed by atoms with Crippen molar-refractivity contribution < 1.29 is 27.5 Å². The number of phenolic OH excluding ortho intramolecular Hbond substituents is 1. The average Bonchev–Trinajstić information content (AvgIpc) is 2.95. The van der Waals surface area contributed by atoms with Crippen molar-refractivity contribution in [1.29, 1.82) is 0 Å². The Bertz CT molecular complexity index is 961. The zero-order valence-corrected chi connectivity index (χ0v) is 14.8. The van der Waals surface area contributed by atoms with Crippen LogP contribution < -0.4 is 0 Å². The Morgan fingerprint density at radius 1 is 1.12 bits per heavy atom. The first-order valence-corrected chi connectivity index (χ1v) is 8.09. The van der Waals surface area contributed by atoms with Crippen LogP contribution in [0.15, 0.2) is 50.0 Å². The van der Waals surface area contributed by atoms with E-state index in [0.29, 0.717) is 19.9 Å². The number of hydrogen-bond donors (Lipinski definition) is 1. The van der Waals surface area contributed by atoms with Crippen LogP contribution in [0.1, 0.15) is 21.5 Å². The van der Waals surface area contributed by atoms with Crippen molar-refractivity contribution in [3.63, 3.8) is 0 Å². The fraction of sp³-hybridized carbons (Fsp3) is 0.0625. The largest absolute Gasteiger partial charge is 0.507 e. The third-order valence-electron chi connectivity index (χ3n) is 3.42. The maximum absolute atomic E-state index is 12.8. The molecule has 8 heteroatoms. The Morgan fingerprint density at radius 2 is 1.83 bits per heavy atom. The molecule has 0 aliphatic heterocycles. The molecule has 0 aliphatic carbocycles. The first-order valence-electron chi connectivity index (χ1n) is 6.50. The highest BCUT2D eigenvalue weighted by Crippen LogP contribution is 2.40. The van der Waals surface area contributed by atoms with E-state index in [1.807, 2.05) is 0 Å². The van der Waals surface area contributed by atoms with E-state index < -0.39 is 17.5 Å². The molecule has 0 bridgehead atoms. The number of furan rings is 1. The predicted octanol–water partition coefficient (Wildman–Crippen LogP) is 5.91. The molecule has 1 aromatic heterocycles. The number of carbonyl (C=O) groups excluding carboxylic acids is 1. The molecule has 0 unspecified atom stereocenters. The minimum atomic E-state index is -4.54. The first kappa shape index (κ1) is 17.0. The van der Waals surface area contributed by atoms with E-state index in [9.17, 15) is 23.1 Å². The molecular formula is C16H7Br2F3O3. The van der Waals surface area contributed by atoms with Gasteiger partial charge in [-0.1, -0.05) is 12.1 Å². The van der Waals surface area contributed by atoms with Crippen LogP contribution in [0.25, 0.3) is 11.0 Å². The van der Waals surface area contributed by atoms with Gasteiger partial charge in [-0.15, -0.1) is 0 Å². The van der Waals surface area contributed by atoms with E-state index in [2.05, 4.69) is 31.9 Å². The van der Waals surface area contributed by atoms with Crippen molar-refractivity contribution >= 4 is 48.6 Å². The normalized spacial score (nSPS) is 11.9. The molecule has 0 atom stereocenters. The molecule has 3 nitrogen and oxygen atoms in total. The lowest BCUT2D eigenvalue weighted by atomic mass is 10.0. The van der Waals surface area contributed by atoms with Crippen molar-refractivity contribution in [2.24, 2.45) is 0 Å². The van der Waals surface area contributed by atoms with Gasteiger partial charge in [-0.2, -0.15) is 13.2 Å². The second-order valence-electron chi connectivity index (χ2n) is 4.96. The first-order chi connectivity index (χ1) is 11.2. The monoisotopic (exact) mass is 462 g/mol. The van der Waals surface area contributed by atoms with E-state index in [1.165, 1.54) is 18.2 Å². The topological polar surface area (TPSA) is 50.4 Å². The summed E-state index contributed by atoms with van der Waals surface area (Å²) in [6, 6.07) is 5.46. The fourth-order valence-corrected chi connectivity index (χ4v) is 3.07. The van der Waals surface area contributed by atoms with Crippen LogP contribution in [0.2, 0.25) is 0 Å². The molecule has 0 saturated carbocycles. The lowest BCUT2D eigenvalue weighted by molar-refractivity contribution is -0.137. The van der Waals surface area contributed by atoms with Gasteiger partial charge < -0.3 is 9.52 Å². The van der Waals surface area contributed by atoms with Gasteiger partial charge >= 0.3 is 6.18 Å². The van der Waals surface area contributed by atoms with E-state index in [4.69, 9.17) is 4.42 Å². The molecule has 0 amide bonds. The highest BCUT2D eigenvalue weighted by atomic mass is 79.9. The zero-order valence-electron chi connectivity index (χ0n) is 11.6. The van der Waals surface area contributed by atoms with E-state index in [0.717, 1.165) is 18.4 Å². The average molecular weight is 464 g/mol. The summed E-state index contributed by atoms with van der Waals surface area (Å²) < 4.78 is 44.5. The lowest BCUT2D eigenvalue weighted by Crippen LogP contribution is -2.07. The Morgan fingerprint density at radius 3 is 2.50 bits per heavy atom. The van der Waals surface area contributed by atoms with Crippen molar-refractivity contribution in [2.45, 2.75) is 6.18 Å². The number of alkyl halides is 3. The summed E-state index contributed by atoms with van der Waals surface area (Å²) in [5.74, 6) is -0.762. The standard InChI is InChI=1S/C16H7Br2F3O3/c17-12-11(22)5-9-10(6-24-15(9)13(12)18)14(23)7-2-1-3-8(4-7)16(19,20)21/h1-6,22H. The Balaban J connectivity index is 2.13. The molecule has 1 N–H and O–H groups in total. The van der Waals surface area contributed by atoms with Crippen molar-refractivity contribution in [3.8, 4) is 5.75 Å². The van der Waals surface area contributed by atoms with Gasteiger partial charge in [-0.05, 0) is 50.1 Å². The van der Waals surface area contributed by atoms with Gasteiger partial charge in [-0.25, -0.2) is 0 Å². The summed E-state index contributed by atoms with van der Waals surface area (Å²) in [5, 5.41) is 10.2. The summed E-state index contributed by atoms with van der Waals surface area (Å²) in [6.07, 6.45) is -3.38. The van der Waals surface area contributed by atoms with Gasteiger partial charge in [0.05, 0.1) is 20.1 Å². The number of halogens is 5. The number of rotatable bonds is 2. The number of carbonyl (C=O) groups is 1. The molecule has 0 radical (unpaired) electrons. The molecule has 3 rings (SSSR count). The second-order valence-corrected chi connectivity index (χ2v) is 6.54. The summed E-state index contributed by atoms with van der Waals surface area (Å²) in [4.78, 5) is 12.6. The number of fused-ring (bicyclic) bond motifs is 1. The quantitative estimate of drug-likeness (QED) is 0.480. The van der Waals surface area contributed by atoms with E-state index in [-0.39, 0.29) is 16.9 Å². The molecule has 1 heterocycles. The van der Waals surface area contributed by atoms with Crippen molar-refractivity contribution in [2.75, 3.05) is 0 Å². The summed E-state index contributed by atoms with van der Waals surface area (Å²) in [6.45, 7) is 0. The van der Waals surface area contributed by atoms with Gasteiger partial charge in [0.15, 0.2) is 5.78 Å². The van der Waals surface area contributed by atoms with Crippen molar-refractivity contribution in [3.05, 3.63) is 62.2 Å². The van der Waals surface area contributed by atoms with Crippen LogP contribution in [-0.2, 0) is 6.18 Å². The molecule has 0 fully saturated rings. The number of aromatic hydroxyl groups is 1. The predicted molar refractivity (Wildman–Crippen MR) is 88.2 cm³/mol. The second kappa shape index (κ2) is 5.93. The van der Waals surface area contributed by atoms with Gasteiger partial charge in [0.1, 0.15) is 17.6 Å².